The summed E-state index contributed by atoms with van der Waals surface area (Å²) in [7, 11) is 3.89. The molecule has 19 heavy (non-hydrogen) atoms. The first kappa shape index (κ1) is 15.4. The Morgan fingerprint density at radius 3 is 2.47 bits per heavy atom. The van der Waals surface area contributed by atoms with Crippen LogP contribution in [0.25, 0.3) is 0 Å². The lowest BCUT2D eigenvalue weighted by atomic mass is 10.1. The Hall–Kier alpha value is -1.62. The molecule has 0 aliphatic heterocycles. The Bertz CT molecular complexity index is 472. The van der Waals surface area contributed by atoms with Gasteiger partial charge in [-0.25, -0.2) is 0 Å². The lowest BCUT2D eigenvalue weighted by Crippen LogP contribution is -2.42. The molecule has 0 unspecified atom stereocenters. The molecule has 1 amide bonds. The fourth-order valence-corrected chi connectivity index (χ4v) is 1.88. The van der Waals surface area contributed by atoms with Crippen molar-refractivity contribution in [3.63, 3.8) is 0 Å². The van der Waals surface area contributed by atoms with Crippen LogP contribution >= 0.6 is 12.2 Å². The van der Waals surface area contributed by atoms with Crippen LogP contribution in [-0.2, 0) is 0 Å². The molecule has 2 N–H and O–H groups in total. The average molecular weight is 279 g/mol. The van der Waals surface area contributed by atoms with E-state index >= 15 is 0 Å². The number of hydrogen-bond acceptors (Lipinski definition) is 3. The fourth-order valence-electron chi connectivity index (χ4n) is 1.74. The predicted molar refractivity (Wildman–Crippen MR) is 83.7 cm³/mol. The van der Waals surface area contributed by atoms with Gasteiger partial charge in [0.1, 0.15) is 0 Å². The third-order valence-electron chi connectivity index (χ3n) is 2.82. The fraction of sp³-hybridized carbons (Fsp3) is 0.429. The molecule has 4 nitrogen and oxygen atoms in total. The Labute approximate surface area is 120 Å². The average Bonchev–Trinajstić information content (AvgIpc) is 2.34. The normalized spacial score (nSPS) is 10.4. The second-order valence-electron chi connectivity index (χ2n) is 4.94. The molecule has 1 aromatic carbocycles. The van der Waals surface area contributed by atoms with Gasteiger partial charge in [-0.15, -0.1) is 0 Å². The van der Waals surface area contributed by atoms with Crippen molar-refractivity contribution in [3.8, 4) is 0 Å². The van der Waals surface area contributed by atoms with Crippen LogP contribution in [0.2, 0.25) is 0 Å². The zero-order valence-electron chi connectivity index (χ0n) is 11.9. The largest absolute Gasteiger partial charge is 0.392 e. The number of benzene rings is 1. The monoisotopic (exact) mass is 279 g/mol. The quantitative estimate of drug-likeness (QED) is 0.836. The molecule has 0 aromatic heterocycles. The molecule has 0 saturated heterocycles. The molecule has 0 spiro atoms. The molecule has 0 atom stereocenters. The van der Waals surface area contributed by atoms with Crippen LogP contribution in [0.4, 0.5) is 5.69 Å². The number of carbonyl (C=O) groups excluding carboxylic acids is 1. The van der Waals surface area contributed by atoms with E-state index in [0.29, 0.717) is 17.1 Å². The van der Waals surface area contributed by atoms with Crippen molar-refractivity contribution in [1.82, 2.24) is 4.90 Å². The van der Waals surface area contributed by atoms with Crippen LogP contribution in [0.5, 0.6) is 0 Å². The van der Waals surface area contributed by atoms with Gasteiger partial charge >= 0.3 is 0 Å². The van der Waals surface area contributed by atoms with Crippen LogP contribution in [0.1, 0.15) is 24.2 Å². The van der Waals surface area contributed by atoms with E-state index in [1.807, 2.05) is 57.1 Å². The summed E-state index contributed by atoms with van der Waals surface area (Å²) >= 11 is 4.90. The summed E-state index contributed by atoms with van der Waals surface area (Å²) in [4.78, 5) is 16.5. The molecular weight excluding hydrogens is 258 g/mol. The van der Waals surface area contributed by atoms with Crippen molar-refractivity contribution in [2.75, 3.05) is 25.5 Å². The summed E-state index contributed by atoms with van der Waals surface area (Å²) in [5.74, 6) is -0.0495. The van der Waals surface area contributed by atoms with E-state index in [2.05, 4.69) is 0 Å². The smallest absolute Gasteiger partial charge is 0.254 e. The molecule has 0 saturated carbocycles. The Kier molecular flexibility index (Phi) is 5.30. The minimum atomic E-state index is -0.0495. The van der Waals surface area contributed by atoms with Gasteiger partial charge in [0, 0.05) is 31.4 Å². The molecule has 0 aliphatic rings. The SMILES string of the molecule is CC(C)N(CC(N)=S)C(=O)c1cccc(N(C)C)c1. The van der Waals surface area contributed by atoms with Crippen molar-refractivity contribution < 1.29 is 4.79 Å². The van der Waals surface area contributed by atoms with Gasteiger partial charge < -0.3 is 15.5 Å². The molecule has 1 aromatic rings. The maximum Gasteiger partial charge on any atom is 0.254 e. The molecule has 0 fully saturated rings. The molecule has 1 rings (SSSR count). The summed E-state index contributed by atoms with van der Waals surface area (Å²) < 4.78 is 0. The Balaban J connectivity index is 3.02. The molecule has 0 bridgehead atoms. The maximum absolute atomic E-state index is 12.5. The number of anilines is 1. The predicted octanol–water partition coefficient (Wildman–Crippen LogP) is 1.89. The number of rotatable bonds is 5. The molecule has 104 valence electrons. The first-order valence-corrected chi connectivity index (χ1v) is 6.60. The summed E-state index contributed by atoms with van der Waals surface area (Å²) in [6, 6.07) is 7.57. The highest BCUT2D eigenvalue weighted by molar-refractivity contribution is 7.80. The van der Waals surface area contributed by atoms with Crippen molar-refractivity contribution in [1.29, 1.82) is 0 Å². The number of nitrogens with zero attached hydrogens (tertiary/aromatic N) is 2. The van der Waals surface area contributed by atoms with E-state index < -0.39 is 0 Å². The standard InChI is InChI=1S/C14H21N3OS/c1-10(2)17(9-13(15)19)14(18)11-6-5-7-12(8-11)16(3)4/h5-8,10H,9H2,1-4H3,(H2,15,19). The molecular formula is C14H21N3OS. The number of hydrogen-bond donors (Lipinski definition) is 1. The second kappa shape index (κ2) is 6.52. The van der Waals surface area contributed by atoms with Gasteiger partial charge in [-0.1, -0.05) is 18.3 Å². The number of nitrogens with two attached hydrogens (primary N) is 1. The molecule has 0 radical (unpaired) electrons. The van der Waals surface area contributed by atoms with E-state index in [-0.39, 0.29) is 11.9 Å². The Morgan fingerprint density at radius 2 is 2.00 bits per heavy atom. The highest BCUT2D eigenvalue weighted by Gasteiger charge is 2.19. The highest BCUT2D eigenvalue weighted by Crippen LogP contribution is 2.16. The summed E-state index contributed by atoms with van der Waals surface area (Å²) in [5, 5.41) is 0. The molecule has 0 heterocycles. The highest BCUT2D eigenvalue weighted by atomic mass is 32.1. The van der Waals surface area contributed by atoms with Crippen molar-refractivity contribution in [3.05, 3.63) is 29.8 Å². The molecule has 5 heteroatoms. The van der Waals surface area contributed by atoms with Gasteiger partial charge in [0.2, 0.25) is 0 Å². The summed E-state index contributed by atoms with van der Waals surface area (Å²) in [5.41, 5.74) is 7.19. The second-order valence-corrected chi connectivity index (χ2v) is 5.46. The molecule has 0 aliphatic carbocycles. The van der Waals surface area contributed by atoms with Crippen molar-refractivity contribution in [2.24, 2.45) is 5.73 Å². The van der Waals surface area contributed by atoms with E-state index in [1.165, 1.54) is 0 Å². The van der Waals surface area contributed by atoms with Gasteiger partial charge in [-0.2, -0.15) is 0 Å². The zero-order chi connectivity index (χ0) is 14.6. The zero-order valence-corrected chi connectivity index (χ0v) is 12.7. The first-order chi connectivity index (χ1) is 8.82. The third-order valence-corrected chi connectivity index (χ3v) is 2.95. The maximum atomic E-state index is 12.5. The van der Waals surface area contributed by atoms with Gasteiger partial charge in [-0.3, -0.25) is 4.79 Å². The third kappa shape index (κ3) is 4.21. The summed E-state index contributed by atoms with van der Waals surface area (Å²) in [6.45, 7) is 4.20. The van der Waals surface area contributed by atoms with Crippen LogP contribution in [0.15, 0.2) is 24.3 Å². The van der Waals surface area contributed by atoms with E-state index in [9.17, 15) is 4.79 Å². The van der Waals surface area contributed by atoms with Crippen molar-refractivity contribution >= 4 is 28.8 Å². The van der Waals surface area contributed by atoms with Gasteiger partial charge in [0.15, 0.2) is 0 Å². The number of amides is 1. The topological polar surface area (TPSA) is 49.6 Å². The van der Waals surface area contributed by atoms with Gasteiger partial charge in [0.25, 0.3) is 5.91 Å². The van der Waals surface area contributed by atoms with Crippen molar-refractivity contribution in [2.45, 2.75) is 19.9 Å². The minimum absolute atomic E-state index is 0.0495. The van der Waals surface area contributed by atoms with Gasteiger partial charge in [-0.05, 0) is 32.0 Å². The number of thiocarbonyl (C=S) groups is 1. The van der Waals surface area contributed by atoms with E-state index in [4.69, 9.17) is 18.0 Å². The number of carbonyl (C=O) groups is 1. The van der Waals surface area contributed by atoms with E-state index in [1.54, 1.807) is 4.90 Å². The lowest BCUT2D eigenvalue weighted by molar-refractivity contribution is 0.0736. The summed E-state index contributed by atoms with van der Waals surface area (Å²) in [6.07, 6.45) is 0. The Morgan fingerprint density at radius 1 is 1.37 bits per heavy atom. The van der Waals surface area contributed by atoms with Crippen LogP contribution in [0.3, 0.4) is 0 Å². The van der Waals surface area contributed by atoms with E-state index in [0.717, 1.165) is 5.69 Å². The van der Waals surface area contributed by atoms with Crippen LogP contribution < -0.4 is 10.6 Å². The lowest BCUT2D eigenvalue weighted by Gasteiger charge is -2.26. The first-order valence-electron chi connectivity index (χ1n) is 6.19. The van der Waals surface area contributed by atoms with Gasteiger partial charge in [0.05, 0.1) is 11.5 Å². The van der Waals surface area contributed by atoms with Crippen LogP contribution in [-0.4, -0.2) is 42.5 Å². The minimum Gasteiger partial charge on any atom is -0.392 e. The van der Waals surface area contributed by atoms with Crippen LogP contribution in [0, 0.1) is 0 Å².